The Balaban J connectivity index is 2.13. The third kappa shape index (κ3) is 8.87. The number of carbonyl (C=O) groups excluding carboxylic acids is 2. The Morgan fingerprint density at radius 2 is 1.60 bits per heavy atom. The molecule has 0 aliphatic rings. The molecule has 0 aliphatic heterocycles. The van der Waals surface area contributed by atoms with E-state index in [1.54, 1.807) is 0 Å². The molecule has 7 nitrogen and oxygen atoms in total. The highest BCUT2D eigenvalue weighted by Crippen LogP contribution is 2.24. The van der Waals surface area contributed by atoms with E-state index in [0.717, 1.165) is 5.56 Å². The van der Waals surface area contributed by atoms with Crippen LogP contribution in [0.5, 0.6) is 0 Å². The molecule has 0 radical (unpaired) electrons. The van der Waals surface area contributed by atoms with E-state index in [-0.39, 0.29) is 23.1 Å². The van der Waals surface area contributed by atoms with Crippen LogP contribution in [0, 0.1) is 5.92 Å². The minimum Gasteiger partial charge on any atom is -0.468 e. The van der Waals surface area contributed by atoms with Gasteiger partial charge in [-0.1, -0.05) is 56.3 Å². The largest absolute Gasteiger partial charge is 0.468 e. The van der Waals surface area contributed by atoms with Gasteiger partial charge >= 0.3 is 5.97 Å². The van der Waals surface area contributed by atoms with Crippen molar-refractivity contribution < 1.29 is 27.5 Å². The molecule has 0 saturated heterocycles. The van der Waals surface area contributed by atoms with Crippen molar-refractivity contribution in [2.75, 3.05) is 20.3 Å². The minimum atomic E-state index is -3.99. The van der Waals surface area contributed by atoms with Crippen molar-refractivity contribution in [3.05, 3.63) is 65.7 Å². The molecule has 2 aromatic rings. The normalized spacial score (nSPS) is 12.6. The van der Waals surface area contributed by atoms with Crippen LogP contribution in [0.3, 0.4) is 0 Å². The molecule has 0 N–H and O–H groups in total. The summed E-state index contributed by atoms with van der Waals surface area (Å²) in [7, 11) is -2.72. The van der Waals surface area contributed by atoms with E-state index in [2.05, 4.69) is 0 Å². The fraction of sp³-hybridized carbons (Fsp3) is 0.481. The second kappa shape index (κ2) is 14.1. The minimum absolute atomic E-state index is 0.0475. The number of nitrogens with zero attached hydrogens (tertiary/aromatic N) is 1. The average Bonchev–Trinajstić information content (AvgIpc) is 2.84. The predicted octanol–water partition coefficient (Wildman–Crippen LogP) is 4.85. The number of sulfonamides is 1. The first-order valence-corrected chi connectivity index (χ1v) is 13.4. The van der Waals surface area contributed by atoms with Crippen molar-refractivity contribution in [3.63, 3.8) is 0 Å². The van der Waals surface area contributed by atoms with Gasteiger partial charge in [-0.25, -0.2) is 8.42 Å². The van der Waals surface area contributed by atoms with Crippen LogP contribution in [0.15, 0.2) is 59.5 Å². The fourth-order valence-corrected chi connectivity index (χ4v) is 5.27. The monoisotopic (exact) mass is 503 g/mol. The number of esters is 1. The summed E-state index contributed by atoms with van der Waals surface area (Å²) < 4.78 is 39.1. The number of ether oxygens (including phenoxy) is 2. The molecule has 0 unspecified atom stereocenters. The number of Topliss-reactive ketones (excluding diaryl/α,β-unsaturated/α-hetero) is 1. The highest BCUT2D eigenvalue weighted by molar-refractivity contribution is 7.89. The number of hydrogen-bond donors (Lipinski definition) is 0. The lowest BCUT2D eigenvalue weighted by molar-refractivity contribution is -0.145. The molecule has 0 amide bonds. The SMILES string of the molecule is COC(=O)[C@@H](CCCCOCc1ccccc1)N(CCC(C)C)S(=O)(=O)c1ccc(C(C)=O)cc1. The molecule has 0 bridgehead atoms. The third-order valence-corrected chi connectivity index (χ3v) is 7.67. The van der Waals surface area contributed by atoms with Gasteiger partial charge in [-0.05, 0) is 56.2 Å². The van der Waals surface area contributed by atoms with Gasteiger partial charge in [0, 0.05) is 18.7 Å². The first kappa shape index (κ1) is 28.7. The predicted molar refractivity (Wildman–Crippen MR) is 136 cm³/mol. The average molecular weight is 504 g/mol. The molecule has 2 aromatic carbocycles. The van der Waals surface area contributed by atoms with Gasteiger partial charge < -0.3 is 9.47 Å². The Bertz CT molecular complexity index is 1040. The molecule has 0 fully saturated rings. The zero-order chi connectivity index (χ0) is 25.8. The maximum Gasteiger partial charge on any atom is 0.324 e. The van der Waals surface area contributed by atoms with E-state index < -0.39 is 22.0 Å². The smallest absolute Gasteiger partial charge is 0.324 e. The molecule has 0 aliphatic carbocycles. The second-order valence-corrected chi connectivity index (χ2v) is 10.8. The summed E-state index contributed by atoms with van der Waals surface area (Å²) in [6.45, 7) is 6.64. The van der Waals surface area contributed by atoms with Gasteiger partial charge in [0.15, 0.2) is 5.78 Å². The van der Waals surface area contributed by atoms with Crippen LogP contribution < -0.4 is 0 Å². The number of rotatable bonds is 15. The summed E-state index contributed by atoms with van der Waals surface area (Å²) in [5, 5.41) is 0. The lowest BCUT2D eigenvalue weighted by Gasteiger charge is -2.30. The molecule has 192 valence electrons. The summed E-state index contributed by atoms with van der Waals surface area (Å²) in [4.78, 5) is 24.4. The molecular weight excluding hydrogens is 466 g/mol. The van der Waals surface area contributed by atoms with Gasteiger partial charge in [0.1, 0.15) is 6.04 Å². The van der Waals surface area contributed by atoms with Crippen LogP contribution in [-0.4, -0.2) is 50.8 Å². The maximum atomic E-state index is 13.6. The van der Waals surface area contributed by atoms with Crippen LogP contribution in [-0.2, 0) is 30.9 Å². The highest BCUT2D eigenvalue weighted by atomic mass is 32.2. The van der Waals surface area contributed by atoms with Crippen LogP contribution in [0.4, 0.5) is 0 Å². The standard InChI is InChI=1S/C27H37NO6S/c1-21(2)17-18-28(35(31,32)25-15-13-24(14-16-25)22(3)29)26(27(30)33-4)12-8-9-19-34-20-23-10-6-5-7-11-23/h5-7,10-11,13-16,21,26H,8-9,12,17-20H2,1-4H3/t26-/m1/s1. The summed E-state index contributed by atoms with van der Waals surface area (Å²) in [5.41, 5.74) is 1.51. The van der Waals surface area contributed by atoms with E-state index in [1.807, 2.05) is 44.2 Å². The number of benzene rings is 2. The van der Waals surface area contributed by atoms with Crippen LogP contribution >= 0.6 is 0 Å². The Morgan fingerprint density at radius 1 is 0.943 bits per heavy atom. The lowest BCUT2D eigenvalue weighted by atomic mass is 10.1. The fourth-order valence-electron chi connectivity index (χ4n) is 3.65. The second-order valence-electron chi connectivity index (χ2n) is 8.95. The van der Waals surface area contributed by atoms with Crippen molar-refractivity contribution in [1.82, 2.24) is 4.31 Å². The van der Waals surface area contributed by atoms with E-state index in [1.165, 1.54) is 42.6 Å². The van der Waals surface area contributed by atoms with Gasteiger partial charge in [-0.3, -0.25) is 9.59 Å². The van der Waals surface area contributed by atoms with Crippen molar-refractivity contribution in [2.45, 2.75) is 64.0 Å². The summed E-state index contributed by atoms with van der Waals surface area (Å²) in [6.07, 6.45) is 2.21. The molecule has 0 heterocycles. The topological polar surface area (TPSA) is 90.0 Å². The van der Waals surface area contributed by atoms with E-state index in [0.29, 0.717) is 44.5 Å². The molecule has 8 heteroatoms. The first-order chi connectivity index (χ1) is 16.7. The number of carbonyl (C=O) groups is 2. The highest BCUT2D eigenvalue weighted by Gasteiger charge is 2.36. The number of hydrogen-bond acceptors (Lipinski definition) is 6. The summed E-state index contributed by atoms with van der Waals surface area (Å²) in [5.74, 6) is -0.479. The quantitative estimate of drug-likeness (QED) is 0.196. The van der Waals surface area contributed by atoms with Gasteiger partial charge in [-0.15, -0.1) is 0 Å². The molecule has 35 heavy (non-hydrogen) atoms. The first-order valence-electron chi connectivity index (χ1n) is 12.0. The van der Waals surface area contributed by atoms with Gasteiger partial charge in [0.05, 0.1) is 18.6 Å². The Hall–Kier alpha value is -2.55. The van der Waals surface area contributed by atoms with Crippen molar-refractivity contribution >= 4 is 21.8 Å². The molecule has 0 aromatic heterocycles. The van der Waals surface area contributed by atoms with Gasteiger partial charge in [0.2, 0.25) is 10.0 Å². The molecular formula is C27H37NO6S. The zero-order valence-corrected chi connectivity index (χ0v) is 21.9. The summed E-state index contributed by atoms with van der Waals surface area (Å²) in [6, 6.07) is 14.7. The molecule has 0 saturated carbocycles. The van der Waals surface area contributed by atoms with Crippen molar-refractivity contribution in [2.24, 2.45) is 5.92 Å². The Kier molecular flexibility index (Phi) is 11.6. The van der Waals surface area contributed by atoms with Crippen LogP contribution in [0.2, 0.25) is 0 Å². The number of methoxy groups -OCH3 is 1. The molecule has 2 rings (SSSR count). The lowest BCUT2D eigenvalue weighted by Crippen LogP contribution is -2.46. The van der Waals surface area contributed by atoms with Gasteiger partial charge in [-0.2, -0.15) is 4.31 Å². The zero-order valence-electron chi connectivity index (χ0n) is 21.1. The third-order valence-electron chi connectivity index (χ3n) is 5.74. The summed E-state index contributed by atoms with van der Waals surface area (Å²) >= 11 is 0. The number of unbranched alkanes of at least 4 members (excludes halogenated alkanes) is 1. The van der Waals surface area contributed by atoms with E-state index in [9.17, 15) is 18.0 Å². The van der Waals surface area contributed by atoms with E-state index in [4.69, 9.17) is 9.47 Å². The Morgan fingerprint density at radius 3 is 2.17 bits per heavy atom. The van der Waals surface area contributed by atoms with Crippen LogP contribution in [0.25, 0.3) is 0 Å². The van der Waals surface area contributed by atoms with Crippen molar-refractivity contribution in [1.29, 1.82) is 0 Å². The molecule has 1 atom stereocenters. The molecule has 0 spiro atoms. The van der Waals surface area contributed by atoms with Crippen molar-refractivity contribution in [3.8, 4) is 0 Å². The van der Waals surface area contributed by atoms with Gasteiger partial charge in [0.25, 0.3) is 0 Å². The van der Waals surface area contributed by atoms with E-state index >= 15 is 0 Å². The van der Waals surface area contributed by atoms with Crippen LogP contribution in [0.1, 0.15) is 62.4 Å². The number of ketones is 1. The Labute approximate surface area is 209 Å². The maximum absolute atomic E-state index is 13.6.